The molecule has 0 fully saturated rings. The molecular weight excluding hydrogens is 1210 g/mol. The minimum Gasteiger partial charge on any atom is -0.497 e. The molecule has 0 radical (unpaired) electrons. The van der Waals surface area contributed by atoms with Gasteiger partial charge in [0.15, 0.2) is 0 Å². The fourth-order valence-corrected chi connectivity index (χ4v) is 9.10. The topological polar surface area (TPSA) is 146 Å². The van der Waals surface area contributed by atoms with E-state index in [1.165, 1.54) is 61.2 Å². The van der Waals surface area contributed by atoms with E-state index in [-0.39, 0.29) is 0 Å². The molecule has 0 aromatic heterocycles. The second-order valence-corrected chi connectivity index (χ2v) is 22.0. The number of methoxy groups -OCH3 is 1. The molecule has 480 valence electrons. The molecule has 0 unspecified atom stereocenters. The van der Waals surface area contributed by atoms with Gasteiger partial charge < -0.3 is 43.1 Å². The standard InChI is InChI=1S/C15H14O.C10H12O2.4C10H12O.C9H9BrO.C8H8O/c16-11-5-7-13-6-4-10-15(12-13)14-8-2-1-3-9-14;1-12-10-6-2-4-9(8-10)5-3-7-11;1-9-4-2-5-10(8-9)6-3-7-11;1-9-4-6-10(7-5-9)3-2-8-11;1-9-5-2-3-6-10(9)7-4-8-11;11-9-5-4-8-10-6-2-1-3-7-10;10-9-5-1-3-8(7-9)4-2-6-11;9-7-6-8-4-2-1-3-5-8/h1-4,6,8-12H,5,7H2;2,4,6-8H,3,5H2,1H3;2,4-5,7-8H,3,6H2,1H3;4-8H,2-3H2,1H3;2-3,5-6,8H,4,7H2,1H3;1-3,6-7,9H,4-5,8H2;1,3,5-7H,2,4H2;1-5,7H,6H2. The molecule has 0 heterocycles. The van der Waals surface area contributed by atoms with Gasteiger partial charge in [-0.2, -0.15) is 0 Å². The van der Waals surface area contributed by atoms with Gasteiger partial charge in [-0.3, -0.25) is 0 Å². The van der Waals surface area contributed by atoms with Crippen LogP contribution in [0, 0.1) is 20.8 Å². The van der Waals surface area contributed by atoms with Gasteiger partial charge in [-0.1, -0.05) is 239 Å². The molecule has 9 aromatic carbocycles. The molecule has 0 N–H and O–H groups in total. The monoisotopic (exact) mass is 1300 g/mol. The van der Waals surface area contributed by atoms with Crippen LogP contribution in [0.3, 0.4) is 0 Å². The Kier molecular flexibility index (Phi) is 45.7. The van der Waals surface area contributed by atoms with E-state index < -0.39 is 0 Å². The van der Waals surface area contributed by atoms with E-state index in [1.54, 1.807) is 7.11 Å². The van der Waals surface area contributed by atoms with Crippen molar-refractivity contribution in [3.63, 3.8) is 0 Å². The van der Waals surface area contributed by atoms with Gasteiger partial charge in [0, 0.05) is 55.8 Å². The van der Waals surface area contributed by atoms with Gasteiger partial charge >= 0.3 is 0 Å². The summed E-state index contributed by atoms with van der Waals surface area (Å²) in [5.74, 6) is 0.846. The number of hydrogen-bond donors (Lipinski definition) is 0. The lowest BCUT2D eigenvalue weighted by molar-refractivity contribution is -0.108. The number of carbonyl (C=O) groups excluding carboxylic acids is 8. The molecule has 10 heteroatoms. The average Bonchev–Trinajstić information content (AvgIpc) is 2.45. The zero-order valence-corrected chi connectivity index (χ0v) is 55.6. The lowest BCUT2D eigenvalue weighted by Crippen LogP contribution is -1.88. The summed E-state index contributed by atoms with van der Waals surface area (Å²) in [6.45, 7) is 6.19. The van der Waals surface area contributed by atoms with Crippen LogP contribution in [0.5, 0.6) is 5.75 Å². The summed E-state index contributed by atoms with van der Waals surface area (Å²) in [5, 5.41) is 0. The molecule has 9 nitrogen and oxygen atoms in total. The first-order valence-electron chi connectivity index (χ1n) is 31.2. The first-order valence-corrected chi connectivity index (χ1v) is 32.0. The molecule has 0 aliphatic rings. The Morgan fingerprint density at radius 1 is 0.304 bits per heavy atom. The van der Waals surface area contributed by atoms with Crippen molar-refractivity contribution in [3.8, 4) is 16.9 Å². The van der Waals surface area contributed by atoms with Gasteiger partial charge in [-0.05, 0) is 158 Å². The molecule has 0 aliphatic heterocycles. The fourth-order valence-electron chi connectivity index (χ4n) is 8.66. The van der Waals surface area contributed by atoms with Crippen LogP contribution in [0.2, 0.25) is 0 Å². The maximum absolute atomic E-state index is 10.3. The largest absolute Gasteiger partial charge is 0.497 e. The summed E-state index contributed by atoms with van der Waals surface area (Å²) in [6, 6.07) is 79.0. The highest BCUT2D eigenvalue weighted by Crippen LogP contribution is 2.21. The average molecular weight is 1300 g/mol. The molecule has 0 amide bonds. The number of ether oxygens (including phenoxy) is 1. The Morgan fingerprint density at radius 2 is 0.707 bits per heavy atom. The Morgan fingerprint density at radius 3 is 1.21 bits per heavy atom. The van der Waals surface area contributed by atoms with Crippen molar-refractivity contribution < 1.29 is 43.1 Å². The highest BCUT2D eigenvalue weighted by molar-refractivity contribution is 9.10. The third kappa shape index (κ3) is 39.6. The molecule has 0 bridgehead atoms. The van der Waals surface area contributed by atoms with E-state index in [0.29, 0.717) is 51.4 Å². The van der Waals surface area contributed by atoms with Gasteiger partial charge in [0.25, 0.3) is 0 Å². The number of halogens is 1. The molecule has 0 saturated heterocycles. The molecular formula is C82H91BrO9. The normalized spacial score (nSPS) is 9.53. The number of hydrogen-bond acceptors (Lipinski definition) is 9. The van der Waals surface area contributed by atoms with Crippen LogP contribution >= 0.6 is 15.9 Å². The molecule has 0 saturated carbocycles. The van der Waals surface area contributed by atoms with Gasteiger partial charge in [0.2, 0.25) is 0 Å². The molecule has 0 spiro atoms. The van der Waals surface area contributed by atoms with Crippen LogP contribution in [-0.4, -0.2) is 57.4 Å². The number of carbonyl (C=O) groups is 8. The van der Waals surface area contributed by atoms with E-state index in [9.17, 15) is 38.4 Å². The Bertz CT molecular complexity index is 3350. The van der Waals surface area contributed by atoms with Crippen molar-refractivity contribution in [3.05, 3.63) is 302 Å². The third-order valence-electron chi connectivity index (χ3n) is 13.6. The Hall–Kier alpha value is -9.38. The third-order valence-corrected chi connectivity index (χ3v) is 14.1. The summed E-state index contributed by atoms with van der Waals surface area (Å²) in [5.41, 5.74) is 15.9. The van der Waals surface area contributed by atoms with Crippen molar-refractivity contribution in [2.75, 3.05) is 7.11 Å². The lowest BCUT2D eigenvalue weighted by atomic mass is 10.0. The smallest absolute Gasteiger partial charge is 0.124 e. The van der Waals surface area contributed by atoms with E-state index in [2.05, 4.69) is 134 Å². The summed E-state index contributed by atoms with van der Waals surface area (Å²) in [7, 11) is 1.64. The van der Waals surface area contributed by atoms with Gasteiger partial charge in [-0.25, -0.2) is 0 Å². The van der Waals surface area contributed by atoms with Gasteiger partial charge in [0.05, 0.1) is 7.11 Å². The summed E-state index contributed by atoms with van der Waals surface area (Å²) >= 11 is 3.37. The van der Waals surface area contributed by atoms with Crippen molar-refractivity contribution in [2.45, 2.75) is 124 Å². The van der Waals surface area contributed by atoms with Gasteiger partial charge in [0.1, 0.15) is 56.0 Å². The maximum atomic E-state index is 10.3. The number of unbranched alkanes of at least 4 members (excludes halogenated alkanes) is 1. The molecule has 0 atom stereocenters. The fraction of sp³-hybridized carbons (Fsp3) is 0.244. The first-order chi connectivity index (χ1) is 44.9. The van der Waals surface area contributed by atoms with Crippen LogP contribution in [-0.2, 0) is 89.7 Å². The second kappa shape index (κ2) is 53.5. The highest BCUT2D eigenvalue weighted by Gasteiger charge is 2.00. The summed E-state index contributed by atoms with van der Waals surface area (Å²) in [6.07, 6.45) is 19.5. The van der Waals surface area contributed by atoms with Crippen molar-refractivity contribution in [1.29, 1.82) is 0 Å². The predicted molar refractivity (Wildman–Crippen MR) is 381 cm³/mol. The van der Waals surface area contributed by atoms with E-state index >= 15 is 0 Å². The van der Waals surface area contributed by atoms with Crippen LogP contribution in [0.25, 0.3) is 11.1 Å². The number of aldehydes is 8. The lowest BCUT2D eigenvalue weighted by Gasteiger charge is -2.04. The van der Waals surface area contributed by atoms with E-state index in [0.717, 1.165) is 123 Å². The molecule has 92 heavy (non-hydrogen) atoms. The number of benzene rings is 9. The van der Waals surface area contributed by atoms with E-state index in [1.807, 2.05) is 140 Å². The van der Waals surface area contributed by atoms with Crippen molar-refractivity contribution in [1.82, 2.24) is 0 Å². The van der Waals surface area contributed by atoms with Gasteiger partial charge in [-0.15, -0.1) is 0 Å². The quantitative estimate of drug-likeness (QED) is 0.0382. The number of rotatable bonds is 26. The maximum Gasteiger partial charge on any atom is 0.124 e. The Balaban J connectivity index is 0.000000360. The number of aryl methyl sites for hydroxylation is 10. The minimum atomic E-state index is 0.529. The van der Waals surface area contributed by atoms with Crippen LogP contribution < -0.4 is 4.74 Å². The summed E-state index contributed by atoms with van der Waals surface area (Å²) < 4.78 is 6.12. The molecule has 0 aliphatic carbocycles. The van der Waals surface area contributed by atoms with Crippen molar-refractivity contribution >= 4 is 66.2 Å². The van der Waals surface area contributed by atoms with Crippen LogP contribution in [0.4, 0.5) is 0 Å². The van der Waals surface area contributed by atoms with E-state index in [4.69, 9.17) is 4.74 Å². The second-order valence-electron chi connectivity index (χ2n) is 21.1. The SMILES string of the molecule is COc1cccc(CCC=O)c1.Cc1ccc(CCC=O)cc1.Cc1cccc(CCC=O)c1.Cc1ccccc1CCC=O.O=CCCCc1ccccc1.O=CCCc1cccc(-c2ccccc2)c1.O=CCCc1cccc(Br)c1.O=CCc1ccccc1. The predicted octanol–water partition coefficient (Wildman–Crippen LogP) is 17.9. The van der Waals surface area contributed by atoms with Crippen LogP contribution in [0.15, 0.2) is 241 Å². The molecule has 9 rings (SSSR count). The molecule has 9 aromatic rings. The first kappa shape index (κ1) is 78.7. The highest BCUT2D eigenvalue weighted by atomic mass is 79.9. The van der Waals surface area contributed by atoms with Crippen LogP contribution in [0.1, 0.15) is 113 Å². The zero-order chi connectivity index (χ0) is 66.9. The zero-order valence-electron chi connectivity index (χ0n) is 54.0. The summed E-state index contributed by atoms with van der Waals surface area (Å²) in [4.78, 5) is 80.7. The minimum absolute atomic E-state index is 0.529. The van der Waals surface area contributed by atoms with Crippen molar-refractivity contribution in [2.24, 2.45) is 0 Å². The Labute approximate surface area is 555 Å².